The Labute approximate surface area is 124 Å². The van der Waals surface area contributed by atoms with E-state index in [0.29, 0.717) is 23.4 Å². The Hall–Kier alpha value is -0.970. The average molecular weight is 297 g/mol. The molecule has 0 bridgehead atoms. The summed E-state index contributed by atoms with van der Waals surface area (Å²) in [6, 6.07) is 4.74. The number of halogens is 1. The van der Waals surface area contributed by atoms with E-state index < -0.39 is 0 Å². The molecule has 3 rings (SSSR count). The Morgan fingerprint density at radius 1 is 1.40 bits per heavy atom. The maximum atomic E-state index is 6.29. The van der Waals surface area contributed by atoms with E-state index in [4.69, 9.17) is 26.8 Å². The molecule has 2 aliphatic rings. The summed E-state index contributed by atoms with van der Waals surface area (Å²) in [6.45, 7) is 4.19. The van der Waals surface area contributed by atoms with Crippen molar-refractivity contribution >= 4 is 11.6 Å². The minimum absolute atomic E-state index is 0.192. The first-order valence-corrected chi connectivity index (χ1v) is 7.63. The van der Waals surface area contributed by atoms with Gasteiger partial charge in [0.15, 0.2) is 11.5 Å². The van der Waals surface area contributed by atoms with Gasteiger partial charge < -0.3 is 15.2 Å². The lowest BCUT2D eigenvalue weighted by Gasteiger charge is -2.39. The second-order valence-corrected chi connectivity index (χ2v) is 5.98. The highest BCUT2D eigenvalue weighted by molar-refractivity contribution is 6.32. The van der Waals surface area contributed by atoms with E-state index in [1.54, 1.807) is 0 Å². The van der Waals surface area contributed by atoms with E-state index in [1.807, 2.05) is 12.1 Å². The molecule has 1 aromatic carbocycles. The number of benzene rings is 1. The summed E-state index contributed by atoms with van der Waals surface area (Å²) in [4.78, 5) is 2.48. The number of piperidine rings is 1. The van der Waals surface area contributed by atoms with Crippen LogP contribution in [0.4, 0.5) is 0 Å². The van der Waals surface area contributed by atoms with Gasteiger partial charge in [-0.2, -0.15) is 0 Å². The third-order valence-corrected chi connectivity index (χ3v) is 4.59. The van der Waals surface area contributed by atoms with Gasteiger partial charge in [0.2, 0.25) is 6.79 Å². The molecule has 1 fully saturated rings. The maximum absolute atomic E-state index is 6.29. The fourth-order valence-electron chi connectivity index (χ4n) is 3.23. The highest BCUT2D eigenvalue weighted by Gasteiger charge is 2.28. The number of nitrogens with zero attached hydrogens (tertiary/aromatic N) is 1. The Morgan fingerprint density at radius 3 is 3.00 bits per heavy atom. The molecule has 1 saturated heterocycles. The lowest BCUT2D eigenvalue weighted by molar-refractivity contribution is 0.109. The standard InChI is InChI=1S/C15H21ClN2O2/c1-10-4-2-3-5-18(10)13(8-17)11-6-12(16)15-14(7-11)19-9-20-15/h6-7,10,13H,2-5,8-9,17H2,1H3. The van der Waals surface area contributed by atoms with Gasteiger partial charge in [-0.15, -0.1) is 0 Å². The molecule has 2 atom stereocenters. The molecule has 0 saturated carbocycles. The van der Waals surface area contributed by atoms with Crippen LogP contribution in [0.1, 0.15) is 37.8 Å². The molecular weight excluding hydrogens is 276 g/mol. The molecule has 20 heavy (non-hydrogen) atoms. The summed E-state index contributed by atoms with van der Waals surface area (Å²) in [5.74, 6) is 1.38. The first-order valence-electron chi connectivity index (χ1n) is 7.25. The zero-order chi connectivity index (χ0) is 14.1. The van der Waals surface area contributed by atoms with Crippen LogP contribution in [0.3, 0.4) is 0 Å². The SMILES string of the molecule is CC1CCCCN1C(CN)c1cc(Cl)c2c(c1)OCO2. The van der Waals surface area contributed by atoms with Gasteiger partial charge in [0.1, 0.15) is 0 Å². The van der Waals surface area contributed by atoms with Crippen LogP contribution in [0.5, 0.6) is 11.5 Å². The second-order valence-electron chi connectivity index (χ2n) is 5.57. The molecule has 2 aliphatic heterocycles. The van der Waals surface area contributed by atoms with Crippen LogP contribution in [0.25, 0.3) is 0 Å². The summed E-state index contributed by atoms with van der Waals surface area (Å²) in [6.07, 6.45) is 3.77. The second kappa shape index (κ2) is 5.80. The van der Waals surface area contributed by atoms with Gasteiger partial charge in [0.25, 0.3) is 0 Å². The summed E-state index contributed by atoms with van der Waals surface area (Å²) < 4.78 is 10.8. The van der Waals surface area contributed by atoms with Crippen molar-refractivity contribution in [2.75, 3.05) is 19.9 Å². The van der Waals surface area contributed by atoms with Crippen LogP contribution in [0.15, 0.2) is 12.1 Å². The van der Waals surface area contributed by atoms with E-state index in [9.17, 15) is 0 Å². The van der Waals surface area contributed by atoms with E-state index in [1.165, 1.54) is 19.3 Å². The largest absolute Gasteiger partial charge is 0.454 e. The van der Waals surface area contributed by atoms with Gasteiger partial charge in [-0.25, -0.2) is 0 Å². The number of fused-ring (bicyclic) bond motifs is 1. The highest BCUT2D eigenvalue weighted by atomic mass is 35.5. The van der Waals surface area contributed by atoms with Crippen LogP contribution in [0, 0.1) is 0 Å². The summed E-state index contributed by atoms with van der Waals surface area (Å²) in [5, 5.41) is 0.609. The van der Waals surface area contributed by atoms with Crippen LogP contribution < -0.4 is 15.2 Å². The third kappa shape index (κ3) is 2.48. The average Bonchev–Trinajstić information content (AvgIpc) is 2.91. The molecule has 0 amide bonds. The molecule has 0 spiro atoms. The molecule has 4 nitrogen and oxygen atoms in total. The molecule has 110 valence electrons. The van der Waals surface area contributed by atoms with Crippen molar-refractivity contribution in [3.05, 3.63) is 22.7 Å². The van der Waals surface area contributed by atoms with Crippen LogP contribution >= 0.6 is 11.6 Å². The first-order chi connectivity index (χ1) is 9.70. The number of hydrogen-bond acceptors (Lipinski definition) is 4. The van der Waals surface area contributed by atoms with Gasteiger partial charge >= 0.3 is 0 Å². The Balaban J connectivity index is 1.91. The van der Waals surface area contributed by atoms with Crippen LogP contribution in [-0.2, 0) is 0 Å². The van der Waals surface area contributed by atoms with Gasteiger partial charge in [0.05, 0.1) is 5.02 Å². The Bertz CT molecular complexity index is 495. The number of likely N-dealkylation sites (tertiary alicyclic amines) is 1. The molecule has 2 N–H and O–H groups in total. The molecule has 0 aromatic heterocycles. The Morgan fingerprint density at radius 2 is 2.25 bits per heavy atom. The number of hydrogen-bond donors (Lipinski definition) is 1. The molecule has 0 radical (unpaired) electrons. The van der Waals surface area contributed by atoms with Crippen LogP contribution in [-0.4, -0.2) is 30.8 Å². The lowest BCUT2D eigenvalue weighted by atomic mass is 9.97. The lowest BCUT2D eigenvalue weighted by Crippen LogP contribution is -2.43. The van der Waals surface area contributed by atoms with Crippen molar-refractivity contribution in [3.8, 4) is 11.5 Å². The minimum atomic E-state index is 0.192. The quantitative estimate of drug-likeness (QED) is 0.931. The monoisotopic (exact) mass is 296 g/mol. The normalized spacial score (nSPS) is 23.9. The summed E-state index contributed by atoms with van der Waals surface area (Å²) in [7, 11) is 0. The van der Waals surface area contributed by atoms with E-state index in [0.717, 1.165) is 17.9 Å². The zero-order valence-corrected chi connectivity index (χ0v) is 12.5. The molecule has 0 aliphatic carbocycles. The number of nitrogens with two attached hydrogens (primary N) is 1. The topological polar surface area (TPSA) is 47.7 Å². The van der Waals surface area contributed by atoms with Crippen LogP contribution in [0.2, 0.25) is 5.02 Å². The van der Waals surface area contributed by atoms with Crippen molar-refractivity contribution in [2.24, 2.45) is 5.73 Å². The van der Waals surface area contributed by atoms with Gasteiger partial charge in [-0.3, -0.25) is 4.90 Å². The smallest absolute Gasteiger partial charge is 0.231 e. The molecule has 5 heteroatoms. The summed E-state index contributed by atoms with van der Waals surface area (Å²) >= 11 is 6.29. The van der Waals surface area contributed by atoms with Crippen molar-refractivity contribution < 1.29 is 9.47 Å². The maximum Gasteiger partial charge on any atom is 0.231 e. The summed E-state index contributed by atoms with van der Waals surface area (Å²) in [5.41, 5.74) is 7.16. The molecule has 1 aromatic rings. The fourth-order valence-corrected chi connectivity index (χ4v) is 3.50. The number of rotatable bonds is 3. The van der Waals surface area contributed by atoms with Crippen molar-refractivity contribution in [3.63, 3.8) is 0 Å². The molecular formula is C15H21ClN2O2. The van der Waals surface area contributed by atoms with Crippen molar-refractivity contribution in [1.82, 2.24) is 4.90 Å². The predicted molar refractivity (Wildman–Crippen MR) is 79.4 cm³/mol. The third-order valence-electron chi connectivity index (χ3n) is 4.31. The molecule has 2 heterocycles. The van der Waals surface area contributed by atoms with Gasteiger partial charge in [0, 0.05) is 18.6 Å². The van der Waals surface area contributed by atoms with E-state index in [2.05, 4.69) is 11.8 Å². The van der Waals surface area contributed by atoms with E-state index in [-0.39, 0.29) is 12.8 Å². The first kappa shape index (κ1) is 14.0. The highest BCUT2D eigenvalue weighted by Crippen LogP contribution is 2.42. The molecule has 2 unspecified atom stereocenters. The van der Waals surface area contributed by atoms with Gasteiger partial charge in [-0.05, 0) is 44.0 Å². The van der Waals surface area contributed by atoms with Crippen molar-refractivity contribution in [1.29, 1.82) is 0 Å². The Kier molecular flexibility index (Phi) is 4.06. The predicted octanol–water partition coefficient (Wildman–Crippen LogP) is 2.94. The van der Waals surface area contributed by atoms with Crippen molar-refractivity contribution in [2.45, 2.75) is 38.3 Å². The van der Waals surface area contributed by atoms with Gasteiger partial charge in [-0.1, -0.05) is 18.0 Å². The fraction of sp³-hybridized carbons (Fsp3) is 0.600. The van der Waals surface area contributed by atoms with E-state index >= 15 is 0 Å². The number of ether oxygens (including phenoxy) is 2. The minimum Gasteiger partial charge on any atom is -0.454 e. The zero-order valence-electron chi connectivity index (χ0n) is 11.8.